The smallest absolute Gasteiger partial charge is 0.237 e. The SMILES string of the molecule is CCCC(C)(O)CNC(=O)[C@@H](N)C(C)C. The summed E-state index contributed by atoms with van der Waals surface area (Å²) in [7, 11) is 0. The van der Waals surface area contributed by atoms with Crippen LogP contribution in [-0.2, 0) is 4.79 Å². The maximum Gasteiger partial charge on any atom is 0.237 e. The lowest BCUT2D eigenvalue weighted by Crippen LogP contribution is -2.48. The molecule has 0 spiro atoms. The van der Waals surface area contributed by atoms with Gasteiger partial charge in [-0.05, 0) is 19.3 Å². The summed E-state index contributed by atoms with van der Waals surface area (Å²) < 4.78 is 0. The minimum absolute atomic E-state index is 0.112. The van der Waals surface area contributed by atoms with Gasteiger partial charge in [-0.1, -0.05) is 27.2 Å². The Hall–Kier alpha value is -0.610. The quantitative estimate of drug-likeness (QED) is 0.610. The fraction of sp³-hybridized carbons (Fsp3) is 0.909. The molecular weight excluding hydrogens is 192 g/mol. The van der Waals surface area contributed by atoms with Crippen molar-refractivity contribution in [3.05, 3.63) is 0 Å². The van der Waals surface area contributed by atoms with Gasteiger partial charge in [-0.2, -0.15) is 0 Å². The van der Waals surface area contributed by atoms with Crippen molar-refractivity contribution in [2.45, 2.75) is 52.2 Å². The third kappa shape index (κ3) is 5.74. The number of rotatable bonds is 6. The molecule has 90 valence electrons. The van der Waals surface area contributed by atoms with Crippen molar-refractivity contribution in [3.8, 4) is 0 Å². The maximum absolute atomic E-state index is 11.5. The molecule has 1 unspecified atom stereocenters. The Morgan fingerprint density at radius 1 is 1.53 bits per heavy atom. The van der Waals surface area contributed by atoms with E-state index in [0.717, 1.165) is 6.42 Å². The van der Waals surface area contributed by atoms with E-state index < -0.39 is 11.6 Å². The molecule has 0 aliphatic heterocycles. The van der Waals surface area contributed by atoms with Gasteiger partial charge in [0.2, 0.25) is 5.91 Å². The van der Waals surface area contributed by atoms with Gasteiger partial charge in [-0.3, -0.25) is 4.79 Å². The van der Waals surface area contributed by atoms with Crippen molar-refractivity contribution >= 4 is 5.91 Å². The molecule has 0 heterocycles. The van der Waals surface area contributed by atoms with Crippen LogP contribution in [0.25, 0.3) is 0 Å². The summed E-state index contributed by atoms with van der Waals surface area (Å²) in [6.07, 6.45) is 1.56. The second-order valence-corrected chi connectivity index (χ2v) is 4.73. The maximum atomic E-state index is 11.5. The third-order valence-electron chi connectivity index (χ3n) is 2.45. The highest BCUT2D eigenvalue weighted by Crippen LogP contribution is 2.10. The standard InChI is InChI=1S/C11H24N2O2/c1-5-6-11(4,15)7-13-10(14)9(12)8(2)3/h8-9,15H,5-7,12H2,1-4H3,(H,13,14)/t9-,11?/m0/s1. The summed E-state index contributed by atoms with van der Waals surface area (Å²) in [6.45, 7) is 7.77. The van der Waals surface area contributed by atoms with Crippen LogP contribution in [0.15, 0.2) is 0 Å². The van der Waals surface area contributed by atoms with E-state index in [4.69, 9.17) is 5.73 Å². The minimum atomic E-state index is -0.832. The number of nitrogens with one attached hydrogen (secondary N) is 1. The van der Waals surface area contributed by atoms with E-state index in [1.54, 1.807) is 6.92 Å². The normalized spacial score (nSPS) is 17.3. The summed E-state index contributed by atoms with van der Waals surface area (Å²) in [5.41, 5.74) is 4.84. The van der Waals surface area contributed by atoms with Crippen LogP contribution in [0, 0.1) is 5.92 Å². The van der Waals surface area contributed by atoms with Gasteiger partial charge in [0.15, 0.2) is 0 Å². The first kappa shape index (κ1) is 14.4. The molecule has 0 saturated heterocycles. The van der Waals surface area contributed by atoms with Crippen LogP contribution in [0.3, 0.4) is 0 Å². The Balaban J connectivity index is 4.00. The van der Waals surface area contributed by atoms with Crippen molar-refractivity contribution in [1.82, 2.24) is 5.32 Å². The van der Waals surface area contributed by atoms with E-state index >= 15 is 0 Å². The lowest BCUT2D eigenvalue weighted by molar-refractivity contribution is -0.124. The number of amides is 1. The zero-order valence-corrected chi connectivity index (χ0v) is 10.2. The van der Waals surface area contributed by atoms with E-state index in [2.05, 4.69) is 5.32 Å². The van der Waals surface area contributed by atoms with Crippen LogP contribution in [0.5, 0.6) is 0 Å². The van der Waals surface area contributed by atoms with Crippen molar-refractivity contribution in [2.75, 3.05) is 6.54 Å². The summed E-state index contributed by atoms with van der Waals surface area (Å²) in [5, 5.41) is 12.5. The van der Waals surface area contributed by atoms with E-state index in [1.165, 1.54) is 0 Å². The van der Waals surface area contributed by atoms with Crippen LogP contribution in [0.1, 0.15) is 40.5 Å². The second-order valence-electron chi connectivity index (χ2n) is 4.73. The van der Waals surface area contributed by atoms with Gasteiger partial charge in [0.25, 0.3) is 0 Å². The number of carbonyl (C=O) groups is 1. The molecule has 0 bridgehead atoms. The molecule has 1 amide bonds. The number of nitrogens with two attached hydrogens (primary N) is 1. The highest BCUT2D eigenvalue weighted by molar-refractivity contribution is 5.81. The molecule has 0 rings (SSSR count). The molecule has 15 heavy (non-hydrogen) atoms. The van der Waals surface area contributed by atoms with Crippen LogP contribution in [0.4, 0.5) is 0 Å². The average molecular weight is 216 g/mol. The van der Waals surface area contributed by atoms with Gasteiger partial charge >= 0.3 is 0 Å². The summed E-state index contributed by atoms with van der Waals surface area (Å²) in [6, 6.07) is -0.498. The Morgan fingerprint density at radius 3 is 2.47 bits per heavy atom. The fourth-order valence-electron chi connectivity index (χ4n) is 1.33. The fourth-order valence-corrected chi connectivity index (χ4v) is 1.33. The van der Waals surface area contributed by atoms with Crippen molar-refractivity contribution in [2.24, 2.45) is 11.7 Å². The molecule has 0 aliphatic carbocycles. The molecule has 4 heteroatoms. The zero-order valence-electron chi connectivity index (χ0n) is 10.2. The molecule has 0 saturated carbocycles. The molecule has 4 N–H and O–H groups in total. The highest BCUT2D eigenvalue weighted by Gasteiger charge is 2.23. The molecule has 4 nitrogen and oxygen atoms in total. The van der Waals surface area contributed by atoms with Crippen LogP contribution < -0.4 is 11.1 Å². The Morgan fingerprint density at radius 2 is 2.07 bits per heavy atom. The average Bonchev–Trinajstić information content (AvgIpc) is 2.13. The number of hydrogen-bond donors (Lipinski definition) is 3. The topological polar surface area (TPSA) is 75.3 Å². The number of aliphatic hydroxyl groups is 1. The highest BCUT2D eigenvalue weighted by atomic mass is 16.3. The minimum Gasteiger partial charge on any atom is -0.388 e. The van der Waals surface area contributed by atoms with Gasteiger partial charge in [0.1, 0.15) is 0 Å². The predicted octanol–water partition coefficient (Wildman–Crippen LogP) is 0.637. The monoisotopic (exact) mass is 216 g/mol. The van der Waals surface area contributed by atoms with Gasteiger partial charge in [0.05, 0.1) is 11.6 Å². The van der Waals surface area contributed by atoms with Crippen LogP contribution in [0.2, 0.25) is 0 Å². The zero-order chi connectivity index (χ0) is 12.1. The van der Waals surface area contributed by atoms with Gasteiger partial charge in [-0.15, -0.1) is 0 Å². The van der Waals surface area contributed by atoms with Gasteiger partial charge in [0, 0.05) is 6.54 Å². The molecule has 0 fully saturated rings. The third-order valence-corrected chi connectivity index (χ3v) is 2.45. The summed E-state index contributed by atoms with van der Waals surface area (Å²) >= 11 is 0. The Bertz CT molecular complexity index is 203. The lowest BCUT2D eigenvalue weighted by atomic mass is 10.00. The van der Waals surface area contributed by atoms with E-state index in [-0.39, 0.29) is 18.4 Å². The van der Waals surface area contributed by atoms with Crippen molar-refractivity contribution < 1.29 is 9.90 Å². The van der Waals surface area contributed by atoms with Crippen LogP contribution >= 0.6 is 0 Å². The Kier molecular flexibility index (Phi) is 5.83. The molecule has 0 aromatic rings. The van der Waals surface area contributed by atoms with Gasteiger partial charge in [-0.25, -0.2) is 0 Å². The first-order valence-electron chi connectivity index (χ1n) is 5.56. The number of carbonyl (C=O) groups excluding carboxylic acids is 1. The summed E-state index contributed by atoms with van der Waals surface area (Å²) in [5.74, 6) is -0.0810. The predicted molar refractivity (Wildman–Crippen MR) is 61.4 cm³/mol. The van der Waals surface area contributed by atoms with Gasteiger partial charge < -0.3 is 16.2 Å². The largest absolute Gasteiger partial charge is 0.388 e. The van der Waals surface area contributed by atoms with Crippen molar-refractivity contribution in [3.63, 3.8) is 0 Å². The molecule has 0 aromatic heterocycles. The van der Waals surface area contributed by atoms with E-state index in [9.17, 15) is 9.90 Å². The van der Waals surface area contributed by atoms with Crippen LogP contribution in [-0.4, -0.2) is 29.2 Å². The van der Waals surface area contributed by atoms with Crippen molar-refractivity contribution in [1.29, 1.82) is 0 Å². The molecule has 0 radical (unpaired) electrons. The number of hydrogen-bond acceptors (Lipinski definition) is 3. The van der Waals surface area contributed by atoms with E-state index in [1.807, 2.05) is 20.8 Å². The van der Waals surface area contributed by atoms with E-state index in [0.29, 0.717) is 6.42 Å². The second kappa shape index (κ2) is 6.08. The summed E-state index contributed by atoms with van der Waals surface area (Å²) in [4.78, 5) is 11.5. The first-order valence-corrected chi connectivity index (χ1v) is 5.56. The first-order chi connectivity index (χ1) is 6.80. The molecule has 2 atom stereocenters. The molecule has 0 aromatic carbocycles. The lowest BCUT2D eigenvalue weighted by Gasteiger charge is -2.24. The molecular formula is C11H24N2O2. The molecule has 0 aliphatic rings. The Labute approximate surface area is 92.2 Å².